The molecule has 21 heavy (non-hydrogen) atoms. The van der Waals surface area contributed by atoms with E-state index in [-0.39, 0.29) is 11.6 Å². The van der Waals surface area contributed by atoms with Gasteiger partial charge in [0.2, 0.25) is 0 Å². The van der Waals surface area contributed by atoms with Crippen molar-refractivity contribution in [3.05, 3.63) is 70.5 Å². The molecule has 0 heterocycles. The number of ketones is 1. The second-order valence-corrected chi connectivity index (χ2v) is 5.84. The van der Waals surface area contributed by atoms with Crippen LogP contribution in [0.3, 0.4) is 0 Å². The molecule has 1 nitrogen and oxygen atoms in total. The first-order valence-electron chi connectivity index (χ1n) is 6.55. The molecule has 0 radical (unpaired) electrons. The van der Waals surface area contributed by atoms with Crippen molar-refractivity contribution in [2.24, 2.45) is 0 Å². The number of hydrogen-bond acceptors (Lipinski definition) is 1. The summed E-state index contributed by atoms with van der Waals surface area (Å²) in [5.41, 5.74) is 2.07. The number of carbonyl (C=O) groups excluding carboxylic acids is 1. The summed E-state index contributed by atoms with van der Waals surface area (Å²) in [4.78, 5) is 12.1. The monoisotopic (exact) mass is 342 g/mol. The molecular formula is C18H12BrFO. The smallest absolute Gasteiger partial charge is 0.161 e. The van der Waals surface area contributed by atoms with Gasteiger partial charge < -0.3 is 0 Å². The fourth-order valence-corrected chi connectivity index (χ4v) is 3.07. The van der Waals surface area contributed by atoms with Crippen LogP contribution in [0.4, 0.5) is 4.39 Å². The zero-order valence-electron chi connectivity index (χ0n) is 11.4. The first kappa shape index (κ1) is 14.0. The second-order valence-electron chi connectivity index (χ2n) is 4.92. The lowest BCUT2D eigenvalue weighted by Crippen LogP contribution is -1.98. The van der Waals surface area contributed by atoms with E-state index in [2.05, 4.69) is 15.9 Å². The Kier molecular flexibility index (Phi) is 3.60. The Hall–Kier alpha value is -2.00. The van der Waals surface area contributed by atoms with E-state index in [0.717, 1.165) is 16.3 Å². The Balaban J connectivity index is 2.37. The van der Waals surface area contributed by atoms with Gasteiger partial charge in [0.1, 0.15) is 5.82 Å². The number of rotatable bonds is 2. The van der Waals surface area contributed by atoms with Crippen LogP contribution in [0.5, 0.6) is 0 Å². The molecule has 0 fully saturated rings. The fraction of sp³-hybridized carbons (Fsp3) is 0.0556. The highest BCUT2D eigenvalue weighted by molar-refractivity contribution is 9.10. The van der Waals surface area contributed by atoms with Crippen LogP contribution in [0.1, 0.15) is 17.3 Å². The van der Waals surface area contributed by atoms with Crippen LogP contribution in [-0.4, -0.2) is 5.78 Å². The van der Waals surface area contributed by atoms with Crippen LogP contribution in [0.25, 0.3) is 21.9 Å². The van der Waals surface area contributed by atoms with Crippen molar-refractivity contribution in [1.29, 1.82) is 0 Å². The Morgan fingerprint density at radius 3 is 2.52 bits per heavy atom. The summed E-state index contributed by atoms with van der Waals surface area (Å²) < 4.78 is 14.3. The molecule has 0 saturated heterocycles. The summed E-state index contributed by atoms with van der Waals surface area (Å²) in [5, 5.41) is 1.89. The summed E-state index contributed by atoms with van der Waals surface area (Å²) in [5.74, 6) is -0.357. The molecule has 3 aromatic rings. The van der Waals surface area contributed by atoms with Crippen molar-refractivity contribution in [2.75, 3.05) is 0 Å². The Morgan fingerprint density at radius 1 is 1.05 bits per heavy atom. The van der Waals surface area contributed by atoms with Gasteiger partial charge in [0.25, 0.3) is 0 Å². The topological polar surface area (TPSA) is 17.1 Å². The molecular weight excluding hydrogens is 331 g/mol. The number of hydrogen-bond donors (Lipinski definition) is 0. The van der Waals surface area contributed by atoms with Gasteiger partial charge >= 0.3 is 0 Å². The second kappa shape index (κ2) is 5.41. The van der Waals surface area contributed by atoms with Crippen molar-refractivity contribution in [2.45, 2.75) is 6.92 Å². The first-order chi connectivity index (χ1) is 10.1. The van der Waals surface area contributed by atoms with Gasteiger partial charge in [-0.05, 0) is 47.0 Å². The molecule has 0 aliphatic heterocycles. The molecule has 0 saturated carbocycles. The highest BCUT2D eigenvalue weighted by Gasteiger charge is 2.14. The molecule has 0 aliphatic carbocycles. The highest BCUT2D eigenvalue weighted by Crippen LogP contribution is 2.32. The minimum absolute atomic E-state index is 0.0258. The minimum atomic E-state index is -0.331. The molecule has 104 valence electrons. The summed E-state index contributed by atoms with van der Waals surface area (Å²) in [6, 6.07) is 16.2. The van der Waals surface area contributed by atoms with Crippen LogP contribution in [-0.2, 0) is 0 Å². The van der Waals surface area contributed by atoms with Gasteiger partial charge in [-0.25, -0.2) is 4.39 Å². The van der Waals surface area contributed by atoms with E-state index in [1.54, 1.807) is 6.92 Å². The predicted molar refractivity (Wildman–Crippen MR) is 87.0 cm³/mol. The van der Waals surface area contributed by atoms with Crippen molar-refractivity contribution >= 4 is 32.5 Å². The molecule has 3 aromatic carbocycles. The third-order valence-corrected chi connectivity index (χ3v) is 3.91. The molecule has 0 aliphatic rings. The standard InChI is InChI=1S/C18H12BrFO/c1-11(21)18-16-5-3-2-4-12(16)6-7-17(18)13-8-14(19)10-15(20)9-13/h2-10H,1H3. The molecule has 0 atom stereocenters. The minimum Gasteiger partial charge on any atom is -0.294 e. The van der Waals surface area contributed by atoms with E-state index in [0.29, 0.717) is 15.6 Å². The van der Waals surface area contributed by atoms with Gasteiger partial charge in [0.15, 0.2) is 5.78 Å². The summed E-state index contributed by atoms with van der Waals surface area (Å²) >= 11 is 3.30. The summed E-state index contributed by atoms with van der Waals surface area (Å²) in [7, 11) is 0. The quantitative estimate of drug-likeness (QED) is 0.553. The van der Waals surface area contributed by atoms with Crippen molar-refractivity contribution < 1.29 is 9.18 Å². The molecule has 0 aromatic heterocycles. The van der Waals surface area contributed by atoms with Crippen LogP contribution >= 0.6 is 15.9 Å². The number of Topliss-reactive ketones (excluding diaryl/α,β-unsaturated/α-hetero) is 1. The molecule has 0 amide bonds. The van der Waals surface area contributed by atoms with E-state index in [9.17, 15) is 9.18 Å². The number of carbonyl (C=O) groups is 1. The van der Waals surface area contributed by atoms with E-state index < -0.39 is 0 Å². The number of benzene rings is 3. The van der Waals surface area contributed by atoms with Crippen molar-refractivity contribution in [3.8, 4) is 11.1 Å². The number of fused-ring (bicyclic) bond motifs is 1. The maximum atomic E-state index is 13.6. The normalized spacial score (nSPS) is 10.8. The fourth-order valence-electron chi connectivity index (χ4n) is 2.60. The van der Waals surface area contributed by atoms with Crippen LogP contribution in [0.2, 0.25) is 0 Å². The highest BCUT2D eigenvalue weighted by atomic mass is 79.9. The average molecular weight is 343 g/mol. The Bertz CT molecular complexity index is 835. The van der Waals surface area contributed by atoms with Crippen LogP contribution in [0, 0.1) is 5.82 Å². The number of halogens is 2. The zero-order chi connectivity index (χ0) is 15.0. The molecule has 3 rings (SSSR count). The Labute approximate surface area is 130 Å². The third-order valence-electron chi connectivity index (χ3n) is 3.45. The Morgan fingerprint density at radius 2 is 1.81 bits per heavy atom. The lowest BCUT2D eigenvalue weighted by molar-refractivity contribution is 0.102. The van der Waals surface area contributed by atoms with E-state index in [1.807, 2.05) is 42.5 Å². The van der Waals surface area contributed by atoms with Crippen LogP contribution < -0.4 is 0 Å². The average Bonchev–Trinajstić information content (AvgIpc) is 2.44. The lowest BCUT2D eigenvalue weighted by Gasteiger charge is -2.11. The predicted octanol–water partition coefficient (Wildman–Crippen LogP) is 5.61. The third kappa shape index (κ3) is 2.61. The van der Waals surface area contributed by atoms with E-state index in [1.165, 1.54) is 12.1 Å². The summed E-state index contributed by atoms with van der Waals surface area (Å²) in [6.45, 7) is 1.54. The van der Waals surface area contributed by atoms with Gasteiger partial charge in [-0.1, -0.05) is 52.3 Å². The SMILES string of the molecule is CC(=O)c1c(-c2cc(F)cc(Br)c2)ccc2ccccc12. The van der Waals surface area contributed by atoms with Gasteiger partial charge in [0, 0.05) is 10.0 Å². The van der Waals surface area contributed by atoms with Gasteiger partial charge in [-0.2, -0.15) is 0 Å². The molecule has 0 spiro atoms. The van der Waals surface area contributed by atoms with Crippen LogP contribution in [0.15, 0.2) is 59.1 Å². The van der Waals surface area contributed by atoms with Gasteiger partial charge in [-0.15, -0.1) is 0 Å². The zero-order valence-corrected chi connectivity index (χ0v) is 12.9. The van der Waals surface area contributed by atoms with E-state index >= 15 is 0 Å². The van der Waals surface area contributed by atoms with Crippen molar-refractivity contribution in [3.63, 3.8) is 0 Å². The van der Waals surface area contributed by atoms with E-state index in [4.69, 9.17) is 0 Å². The molecule has 0 unspecified atom stereocenters. The molecule has 3 heteroatoms. The maximum absolute atomic E-state index is 13.6. The molecule has 0 bridgehead atoms. The molecule has 0 N–H and O–H groups in total. The van der Waals surface area contributed by atoms with Gasteiger partial charge in [0.05, 0.1) is 0 Å². The largest absolute Gasteiger partial charge is 0.294 e. The van der Waals surface area contributed by atoms with Crippen molar-refractivity contribution in [1.82, 2.24) is 0 Å². The van der Waals surface area contributed by atoms with Gasteiger partial charge in [-0.3, -0.25) is 4.79 Å². The maximum Gasteiger partial charge on any atom is 0.161 e. The first-order valence-corrected chi connectivity index (χ1v) is 7.35. The summed E-state index contributed by atoms with van der Waals surface area (Å²) in [6.07, 6.45) is 0. The lowest BCUT2D eigenvalue weighted by atomic mass is 9.92.